The lowest BCUT2D eigenvalue weighted by molar-refractivity contribution is 0.428. The van der Waals surface area contributed by atoms with Crippen molar-refractivity contribution in [3.8, 4) is 22.8 Å². The van der Waals surface area contributed by atoms with Crippen LogP contribution in [-0.4, -0.2) is 19.5 Å². The summed E-state index contributed by atoms with van der Waals surface area (Å²) in [5.74, 6) is 0.0781. The SMILES string of the molecule is Cn1c(I)c(-c2ccc(Oc3cccc(Cl)n3)c(F)c2)c2c(N)ncnc21. The summed E-state index contributed by atoms with van der Waals surface area (Å²) >= 11 is 8.02. The van der Waals surface area contributed by atoms with Crippen LogP contribution in [0.5, 0.6) is 11.6 Å². The van der Waals surface area contributed by atoms with Gasteiger partial charge in [0.1, 0.15) is 22.9 Å². The van der Waals surface area contributed by atoms with Crippen molar-refractivity contribution in [2.75, 3.05) is 5.73 Å². The zero-order valence-electron chi connectivity index (χ0n) is 13.9. The van der Waals surface area contributed by atoms with Gasteiger partial charge in [0.15, 0.2) is 11.6 Å². The van der Waals surface area contributed by atoms with Crippen molar-refractivity contribution in [3.63, 3.8) is 0 Å². The molecule has 0 atom stereocenters. The molecule has 1 aromatic carbocycles. The molecule has 6 nitrogen and oxygen atoms in total. The van der Waals surface area contributed by atoms with Crippen LogP contribution in [0.4, 0.5) is 10.2 Å². The number of hydrogen-bond acceptors (Lipinski definition) is 5. The van der Waals surface area contributed by atoms with Gasteiger partial charge < -0.3 is 15.0 Å². The van der Waals surface area contributed by atoms with E-state index in [0.29, 0.717) is 22.4 Å². The molecule has 3 heterocycles. The molecular weight excluding hydrogens is 484 g/mol. The topological polar surface area (TPSA) is 78.9 Å². The number of anilines is 1. The van der Waals surface area contributed by atoms with Gasteiger partial charge in [-0.3, -0.25) is 0 Å². The standard InChI is InChI=1S/C18H12ClFIN5O/c1-26-16(21)14(15-17(22)23-8-24-18(15)26)9-5-6-11(10(20)7-9)27-13-4-2-3-12(19)25-13/h2-8H,1H3,(H2,22,23,24). The fourth-order valence-corrected chi connectivity index (χ4v) is 3.77. The minimum Gasteiger partial charge on any atom is -0.436 e. The van der Waals surface area contributed by atoms with Gasteiger partial charge >= 0.3 is 0 Å². The number of rotatable bonds is 3. The minimum atomic E-state index is -0.530. The molecular formula is C18H12ClFIN5O. The Labute approximate surface area is 172 Å². The number of hydrogen-bond donors (Lipinski definition) is 1. The summed E-state index contributed by atoms with van der Waals surface area (Å²) in [6.07, 6.45) is 1.41. The molecule has 0 fully saturated rings. The molecule has 0 amide bonds. The Bertz CT molecular complexity index is 1180. The zero-order valence-corrected chi connectivity index (χ0v) is 16.9. The first kappa shape index (κ1) is 17.9. The van der Waals surface area contributed by atoms with Crippen molar-refractivity contribution in [1.29, 1.82) is 0 Å². The summed E-state index contributed by atoms with van der Waals surface area (Å²) in [6.45, 7) is 0. The van der Waals surface area contributed by atoms with E-state index in [1.807, 2.05) is 11.6 Å². The maximum Gasteiger partial charge on any atom is 0.220 e. The maximum absolute atomic E-state index is 14.7. The van der Waals surface area contributed by atoms with E-state index in [1.165, 1.54) is 12.4 Å². The minimum absolute atomic E-state index is 0.0491. The van der Waals surface area contributed by atoms with Crippen LogP contribution in [-0.2, 0) is 7.05 Å². The van der Waals surface area contributed by atoms with Gasteiger partial charge in [0.05, 0.1) is 9.09 Å². The quantitative estimate of drug-likeness (QED) is 0.326. The van der Waals surface area contributed by atoms with Crippen LogP contribution in [0.3, 0.4) is 0 Å². The van der Waals surface area contributed by atoms with Gasteiger partial charge in [0, 0.05) is 18.7 Å². The predicted molar refractivity (Wildman–Crippen MR) is 110 cm³/mol. The molecule has 4 rings (SSSR count). The molecule has 0 aliphatic rings. The lowest BCUT2D eigenvalue weighted by Gasteiger charge is -2.08. The fraction of sp³-hybridized carbons (Fsp3) is 0.0556. The molecule has 4 aromatic rings. The monoisotopic (exact) mass is 495 g/mol. The van der Waals surface area contributed by atoms with Crippen molar-refractivity contribution in [3.05, 3.63) is 57.4 Å². The molecule has 27 heavy (non-hydrogen) atoms. The molecule has 0 radical (unpaired) electrons. The Balaban J connectivity index is 1.80. The second-order valence-electron chi connectivity index (χ2n) is 5.73. The Kier molecular flexibility index (Phi) is 4.60. The second-order valence-corrected chi connectivity index (χ2v) is 7.14. The van der Waals surface area contributed by atoms with Gasteiger partial charge in [-0.2, -0.15) is 0 Å². The van der Waals surface area contributed by atoms with Crippen molar-refractivity contribution >= 4 is 51.0 Å². The van der Waals surface area contributed by atoms with E-state index >= 15 is 0 Å². The van der Waals surface area contributed by atoms with Crippen molar-refractivity contribution < 1.29 is 9.13 Å². The molecule has 0 aliphatic heterocycles. The lowest BCUT2D eigenvalue weighted by atomic mass is 10.1. The Morgan fingerprint density at radius 2 is 2.04 bits per heavy atom. The number of halogens is 3. The van der Waals surface area contributed by atoms with Crippen LogP contribution < -0.4 is 10.5 Å². The smallest absolute Gasteiger partial charge is 0.220 e. The van der Waals surface area contributed by atoms with Crippen LogP contribution in [0.15, 0.2) is 42.7 Å². The highest BCUT2D eigenvalue weighted by Gasteiger charge is 2.20. The molecule has 0 spiro atoms. The van der Waals surface area contributed by atoms with Crippen molar-refractivity contribution in [2.45, 2.75) is 0 Å². The Morgan fingerprint density at radius 1 is 1.22 bits per heavy atom. The summed E-state index contributed by atoms with van der Waals surface area (Å²) in [5.41, 5.74) is 8.16. The predicted octanol–water partition coefficient (Wildman–Crippen LogP) is 4.80. The van der Waals surface area contributed by atoms with Crippen LogP contribution >= 0.6 is 34.2 Å². The number of ether oxygens (including phenoxy) is 1. The van der Waals surface area contributed by atoms with E-state index in [1.54, 1.807) is 30.3 Å². The summed E-state index contributed by atoms with van der Waals surface area (Å²) < 4.78 is 23.0. The third kappa shape index (κ3) is 3.19. The molecule has 0 unspecified atom stereocenters. The first-order valence-corrected chi connectivity index (χ1v) is 9.26. The lowest BCUT2D eigenvalue weighted by Crippen LogP contribution is -1.95. The molecule has 0 bridgehead atoms. The number of fused-ring (bicyclic) bond motifs is 1. The highest BCUT2D eigenvalue weighted by Crippen LogP contribution is 2.38. The van der Waals surface area contributed by atoms with Gasteiger partial charge in [0.2, 0.25) is 5.88 Å². The molecule has 136 valence electrons. The molecule has 9 heteroatoms. The van der Waals surface area contributed by atoms with Gasteiger partial charge in [0.25, 0.3) is 0 Å². The number of nitrogen functional groups attached to an aromatic ring is 1. The molecule has 0 saturated heterocycles. The molecule has 0 saturated carbocycles. The largest absolute Gasteiger partial charge is 0.436 e. The average Bonchev–Trinajstić information content (AvgIpc) is 2.90. The van der Waals surface area contributed by atoms with Crippen molar-refractivity contribution in [1.82, 2.24) is 19.5 Å². The van der Waals surface area contributed by atoms with Crippen LogP contribution in [0.25, 0.3) is 22.2 Å². The van der Waals surface area contributed by atoms with E-state index in [-0.39, 0.29) is 16.8 Å². The van der Waals surface area contributed by atoms with Gasteiger partial charge in [-0.25, -0.2) is 19.3 Å². The number of nitrogens with two attached hydrogens (primary N) is 1. The Hall–Kier alpha value is -2.46. The summed E-state index contributed by atoms with van der Waals surface area (Å²) in [4.78, 5) is 12.3. The number of aromatic nitrogens is 4. The van der Waals surface area contributed by atoms with Crippen LogP contribution in [0, 0.1) is 9.52 Å². The highest BCUT2D eigenvalue weighted by molar-refractivity contribution is 14.1. The van der Waals surface area contributed by atoms with E-state index in [4.69, 9.17) is 22.1 Å². The van der Waals surface area contributed by atoms with E-state index in [9.17, 15) is 4.39 Å². The molecule has 0 aliphatic carbocycles. The van der Waals surface area contributed by atoms with E-state index < -0.39 is 5.82 Å². The van der Waals surface area contributed by atoms with E-state index in [0.717, 1.165) is 9.26 Å². The molecule has 2 N–H and O–H groups in total. The first-order chi connectivity index (χ1) is 13.0. The molecule has 3 aromatic heterocycles. The number of pyridine rings is 1. The van der Waals surface area contributed by atoms with Crippen molar-refractivity contribution in [2.24, 2.45) is 7.05 Å². The third-order valence-corrected chi connectivity index (χ3v) is 5.52. The van der Waals surface area contributed by atoms with Crippen LogP contribution in [0.2, 0.25) is 5.15 Å². The zero-order chi connectivity index (χ0) is 19.1. The average molecular weight is 496 g/mol. The summed E-state index contributed by atoms with van der Waals surface area (Å²) in [6, 6.07) is 9.59. The van der Waals surface area contributed by atoms with E-state index in [2.05, 4.69) is 37.5 Å². The highest BCUT2D eigenvalue weighted by atomic mass is 127. The van der Waals surface area contributed by atoms with Gasteiger partial charge in [-0.05, 0) is 46.4 Å². The third-order valence-electron chi connectivity index (χ3n) is 4.05. The van der Waals surface area contributed by atoms with Crippen LogP contribution in [0.1, 0.15) is 0 Å². The van der Waals surface area contributed by atoms with Gasteiger partial charge in [-0.1, -0.05) is 23.7 Å². The number of benzene rings is 1. The fourth-order valence-electron chi connectivity index (χ4n) is 2.81. The summed E-state index contributed by atoms with van der Waals surface area (Å²) in [5, 5.41) is 0.958. The number of aryl methyl sites for hydroxylation is 1. The maximum atomic E-state index is 14.7. The Morgan fingerprint density at radius 3 is 2.78 bits per heavy atom. The van der Waals surface area contributed by atoms with Gasteiger partial charge in [-0.15, -0.1) is 0 Å². The first-order valence-electron chi connectivity index (χ1n) is 7.80. The normalized spacial score (nSPS) is 11.1. The number of nitrogens with zero attached hydrogens (tertiary/aromatic N) is 4. The second kappa shape index (κ2) is 6.93. The summed E-state index contributed by atoms with van der Waals surface area (Å²) in [7, 11) is 1.87.